The minimum absolute atomic E-state index is 0.0676. The summed E-state index contributed by atoms with van der Waals surface area (Å²) in [6, 6.07) is 16.6. The monoisotopic (exact) mass is 410 g/mol. The fraction of sp³-hybridized carbons (Fsp3) is 0.480. The van der Waals surface area contributed by atoms with Crippen molar-refractivity contribution in [2.75, 3.05) is 26.2 Å². The molecule has 1 heterocycles. The number of carbonyl (C=O) groups excluding carboxylic acids is 1. The van der Waals surface area contributed by atoms with Crippen LogP contribution in [0.5, 0.6) is 0 Å². The molecule has 2 aliphatic rings. The van der Waals surface area contributed by atoms with Gasteiger partial charge in [-0.05, 0) is 86.9 Å². The second-order valence-electron chi connectivity index (χ2n) is 9.17. The lowest BCUT2D eigenvalue weighted by atomic mass is 9.74. The summed E-state index contributed by atoms with van der Waals surface area (Å²) >= 11 is 5.98. The number of aryl methyl sites for hydroxylation is 1. The van der Waals surface area contributed by atoms with E-state index >= 15 is 0 Å². The number of nitrogens with one attached hydrogen (secondary N) is 1. The third-order valence-corrected chi connectivity index (χ3v) is 7.37. The molecule has 2 aromatic carbocycles. The third-order valence-electron chi connectivity index (χ3n) is 7.12. The lowest BCUT2D eigenvalue weighted by molar-refractivity contribution is -0.125. The highest BCUT2D eigenvalue weighted by Crippen LogP contribution is 2.46. The van der Waals surface area contributed by atoms with Crippen LogP contribution in [0.2, 0.25) is 5.02 Å². The van der Waals surface area contributed by atoms with Crippen molar-refractivity contribution in [1.82, 2.24) is 10.2 Å². The molecule has 0 aromatic heterocycles. The van der Waals surface area contributed by atoms with Crippen LogP contribution >= 0.6 is 11.6 Å². The Balaban J connectivity index is 1.27. The number of benzene rings is 2. The first-order valence-corrected chi connectivity index (χ1v) is 11.1. The summed E-state index contributed by atoms with van der Waals surface area (Å²) in [7, 11) is 0. The predicted octanol–water partition coefficient (Wildman–Crippen LogP) is 4.71. The largest absolute Gasteiger partial charge is 0.354 e. The van der Waals surface area contributed by atoms with E-state index in [1.165, 1.54) is 25.7 Å². The van der Waals surface area contributed by atoms with Gasteiger partial charge in [0.1, 0.15) is 0 Å². The van der Waals surface area contributed by atoms with Crippen molar-refractivity contribution in [2.24, 2.45) is 0 Å². The Kier molecular flexibility index (Phi) is 5.72. The van der Waals surface area contributed by atoms with Gasteiger partial charge in [-0.1, -0.05) is 48.0 Å². The zero-order valence-corrected chi connectivity index (χ0v) is 18.3. The molecule has 4 rings (SSSR count). The number of hydrogen-bond acceptors (Lipinski definition) is 2. The fourth-order valence-corrected chi connectivity index (χ4v) is 5.16. The number of piperidine rings is 1. The van der Waals surface area contributed by atoms with Crippen LogP contribution < -0.4 is 5.32 Å². The smallest absolute Gasteiger partial charge is 0.230 e. The van der Waals surface area contributed by atoms with Gasteiger partial charge in [-0.3, -0.25) is 4.79 Å². The molecule has 0 saturated carbocycles. The molecule has 2 aromatic rings. The van der Waals surface area contributed by atoms with E-state index in [0.29, 0.717) is 17.0 Å². The number of nitrogens with zero attached hydrogens (tertiary/aromatic N) is 1. The van der Waals surface area contributed by atoms with Gasteiger partial charge in [-0.15, -0.1) is 0 Å². The van der Waals surface area contributed by atoms with Crippen molar-refractivity contribution in [2.45, 2.75) is 50.4 Å². The Morgan fingerprint density at radius 3 is 2.48 bits per heavy atom. The summed E-state index contributed by atoms with van der Waals surface area (Å²) in [6.45, 7) is 7.77. The number of amides is 1. The van der Waals surface area contributed by atoms with Gasteiger partial charge in [-0.2, -0.15) is 0 Å². The molecule has 0 bridgehead atoms. The van der Waals surface area contributed by atoms with E-state index in [0.717, 1.165) is 25.2 Å². The second-order valence-corrected chi connectivity index (χ2v) is 9.60. The summed E-state index contributed by atoms with van der Waals surface area (Å²) in [5.74, 6) is 0.0676. The van der Waals surface area contributed by atoms with E-state index in [-0.39, 0.29) is 5.91 Å². The van der Waals surface area contributed by atoms with Gasteiger partial charge in [0.25, 0.3) is 0 Å². The average Bonchev–Trinajstić information content (AvgIpc) is 3.08. The highest BCUT2D eigenvalue weighted by atomic mass is 35.5. The first-order valence-electron chi connectivity index (χ1n) is 10.8. The van der Waals surface area contributed by atoms with Crippen LogP contribution in [0, 0.1) is 0 Å². The standard InChI is InChI=1S/C25H31ClN2O/c1-24(2,20-7-9-21(26)10-8-20)23(29)27-15-18-28-16-13-25(14-17-28)12-11-19-5-3-4-6-22(19)25/h3-10H,11-18H2,1-2H3,(H,27,29). The molecular formula is C25H31ClN2O. The van der Waals surface area contributed by atoms with Gasteiger partial charge < -0.3 is 10.2 Å². The molecule has 3 nitrogen and oxygen atoms in total. The lowest BCUT2D eigenvalue weighted by Gasteiger charge is -2.40. The van der Waals surface area contributed by atoms with Gasteiger partial charge >= 0.3 is 0 Å². The van der Waals surface area contributed by atoms with Crippen molar-refractivity contribution in [3.05, 3.63) is 70.2 Å². The maximum atomic E-state index is 12.8. The summed E-state index contributed by atoms with van der Waals surface area (Å²) < 4.78 is 0. The van der Waals surface area contributed by atoms with Crippen molar-refractivity contribution < 1.29 is 4.79 Å². The van der Waals surface area contributed by atoms with E-state index in [1.807, 2.05) is 38.1 Å². The zero-order chi connectivity index (χ0) is 20.5. The Morgan fingerprint density at radius 2 is 1.76 bits per heavy atom. The first kappa shape index (κ1) is 20.4. The van der Waals surface area contributed by atoms with Gasteiger partial charge in [0.15, 0.2) is 0 Å². The highest BCUT2D eigenvalue weighted by molar-refractivity contribution is 6.30. The van der Waals surface area contributed by atoms with Crippen LogP contribution in [-0.2, 0) is 22.0 Å². The minimum Gasteiger partial charge on any atom is -0.354 e. The maximum Gasteiger partial charge on any atom is 0.230 e. The zero-order valence-electron chi connectivity index (χ0n) is 17.5. The molecule has 0 radical (unpaired) electrons. The Hall–Kier alpha value is -1.84. The molecule has 1 N–H and O–H groups in total. The molecule has 4 heteroatoms. The van der Waals surface area contributed by atoms with Gasteiger partial charge in [0.2, 0.25) is 5.91 Å². The van der Waals surface area contributed by atoms with E-state index in [2.05, 4.69) is 34.5 Å². The SMILES string of the molecule is CC(C)(C(=O)NCCN1CCC2(CCc3ccccc32)CC1)c1ccc(Cl)cc1. The molecule has 1 amide bonds. The van der Waals surface area contributed by atoms with Gasteiger partial charge in [0.05, 0.1) is 5.41 Å². The number of rotatable bonds is 5. The van der Waals surface area contributed by atoms with Crippen molar-refractivity contribution in [3.63, 3.8) is 0 Å². The molecule has 29 heavy (non-hydrogen) atoms. The maximum absolute atomic E-state index is 12.8. The number of carbonyl (C=O) groups is 1. The van der Waals surface area contributed by atoms with Crippen molar-refractivity contribution >= 4 is 17.5 Å². The van der Waals surface area contributed by atoms with E-state index in [4.69, 9.17) is 11.6 Å². The molecule has 1 spiro atoms. The van der Waals surface area contributed by atoms with Crippen LogP contribution in [0.25, 0.3) is 0 Å². The van der Waals surface area contributed by atoms with Gasteiger partial charge in [0, 0.05) is 18.1 Å². The Bertz CT molecular complexity index is 867. The Morgan fingerprint density at radius 1 is 1.07 bits per heavy atom. The number of likely N-dealkylation sites (tertiary alicyclic amines) is 1. The lowest BCUT2D eigenvalue weighted by Crippen LogP contribution is -2.46. The average molecular weight is 411 g/mol. The number of halogens is 1. The van der Waals surface area contributed by atoms with E-state index < -0.39 is 5.41 Å². The summed E-state index contributed by atoms with van der Waals surface area (Å²) in [5, 5.41) is 3.84. The second kappa shape index (κ2) is 8.12. The van der Waals surface area contributed by atoms with E-state index in [1.54, 1.807) is 11.1 Å². The predicted molar refractivity (Wildman–Crippen MR) is 120 cm³/mol. The quantitative estimate of drug-likeness (QED) is 0.773. The molecule has 1 fully saturated rings. The molecule has 154 valence electrons. The Labute approximate surface area is 179 Å². The summed E-state index contributed by atoms with van der Waals surface area (Å²) in [6.07, 6.45) is 4.99. The molecule has 1 saturated heterocycles. The highest BCUT2D eigenvalue weighted by Gasteiger charge is 2.40. The van der Waals surface area contributed by atoms with Gasteiger partial charge in [-0.25, -0.2) is 0 Å². The van der Waals surface area contributed by atoms with E-state index in [9.17, 15) is 4.79 Å². The molecular weight excluding hydrogens is 380 g/mol. The van der Waals surface area contributed by atoms with Crippen LogP contribution in [-0.4, -0.2) is 37.0 Å². The fourth-order valence-electron chi connectivity index (χ4n) is 5.03. The first-order chi connectivity index (χ1) is 13.9. The molecule has 0 atom stereocenters. The van der Waals surface area contributed by atoms with Crippen LogP contribution in [0.1, 0.15) is 49.8 Å². The molecule has 1 aliphatic carbocycles. The van der Waals surface area contributed by atoms with Crippen molar-refractivity contribution in [1.29, 1.82) is 0 Å². The van der Waals surface area contributed by atoms with Crippen LogP contribution in [0.15, 0.2) is 48.5 Å². The number of hydrogen-bond donors (Lipinski definition) is 1. The van der Waals surface area contributed by atoms with Crippen LogP contribution in [0.4, 0.5) is 0 Å². The molecule has 0 unspecified atom stereocenters. The minimum atomic E-state index is -0.565. The third kappa shape index (κ3) is 4.08. The van der Waals surface area contributed by atoms with Crippen molar-refractivity contribution in [3.8, 4) is 0 Å². The normalized spacial score (nSPS) is 18.6. The van der Waals surface area contributed by atoms with Crippen LogP contribution in [0.3, 0.4) is 0 Å². The molecule has 1 aliphatic heterocycles. The summed E-state index contributed by atoms with van der Waals surface area (Å²) in [5.41, 5.74) is 3.96. The topological polar surface area (TPSA) is 32.3 Å². The number of fused-ring (bicyclic) bond motifs is 2. The summed E-state index contributed by atoms with van der Waals surface area (Å²) in [4.78, 5) is 15.3.